The van der Waals surface area contributed by atoms with E-state index >= 15 is 0 Å². The number of phenolic OH excluding ortho intramolecular Hbond substituents is 1. The summed E-state index contributed by atoms with van der Waals surface area (Å²) in [5.74, 6) is 2.79. The van der Waals surface area contributed by atoms with Gasteiger partial charge in [0.1, 0.15) is 12.4 Å². The Morgan fingerprint density at radius 3 is 2.60 bits per heavy atom. The lowest BCUT2D eigenvalue weighted by Crippen LogP contribution is -2.21. The second-order valence-corrected chi connectivity index (χ2v) is 4.66. The maximum atomic E-state index is 9.50. The van der Waals surface area contributed by atoms with Gasteiger partial charge < -0.3 is 24.1 Å². The van der Waals surface area contributed by atoms with Crippen molar-refractivity contribution in [3.63, 3.8) is 0 Å². The van der Waals surface area contributed by atoms with Crippen LogP contribution in [0.1, 0.15) is 11.7 Å². The van der Waals surface area contributed by atoms with Gasteiger partial charge in [-0.25, -0.2) is 0 Å². The highest BCUT2D eigenvalue weighted by Gasteiger charge is 2.25. The molecule has 20 heavy (non-hydrogen) atoms. The minimum atomic E-state index is -0.237. The molecule has 2 aromatic rings. The molecule has 0 saturated carbocycles. The van der Waals surface area contributed by atoms with Crippen molar-refractivity contribution in [1.29, 1.82) is 0 Å². The van der Waals surface area contributed by atoms with E-state index in [-0.39, 0.29) is 18.6 Å². The van der Waals surface area contributed by atoms with E-state index in [4.69, 9.17) is 18.9 Å². The van der Waals surface area contributed by atoms with Gasteiger partial charge in [-0.2, -0.15) is 0 Å². The molecule has 0 spiro atoms. The van der Waals surface area contributed by atoms with Crippen LogP contribution in [0.4, 0.5) is 0 Å². The molecule has 0 aliphatic carbocycles. The standard InChI is InChI=1S/C15H12O5/c16-10-2-4-12-14(6-10)20-15(7-17-12)9-1-3-11-13(5-9)19-8-18-11/h1-6,15-16H,7-8H2/t15-/m0/s1. The molecule has 0 amide bonds. The van der Waals surface area contributed by atoms with Crippen LogP contribution in [0.15, 0.2) is 36.4 Å². The van der Waals surface area contributed by atoms with Crippen LogP contribution in [0.2, 0.25) is 0 Å². The van der Waals surface area contributed by atoms with Crippen molar-refractivity contribution in [2.75, 3.05) is 13.4 Å². The minimum absolute atomic E-state index is 0.152. The number of aromatic hydroxyl groups is 1. The lowest BCUT2D eigenvalue weighted by Gasteiger charge is -2.26. The zero-order chi connectivity index (χ0) is 13.5. The zero-order valence-electron chi connectivity index (χ0n) is 10.5. The first-order valence-electron chi connectivity index (χ1n) is 6.31. The average Bonchev–Trinajstić information content (AvgIpc) is 2.93. The van der Waals surface area contributed by atoms with Gasteiger partial charge in [0.15, 0.2) is 29.1 Å². The van der Waals surface area contributed by atoms with Gasteiger partial charge in [-0.05, 0) is 29.8 Å². The topological polar surface area (TPSA) is 57.2 Å². The van der Waals surface area contributed by atoms with Gasteiger partial charge in [-0.1, -0.05) is 6.07 Å². The maximum absolute atomic E-state index is 9.50. The van der Waals surface area contributed by atoms with Gasteiger partial charge in [0.05, 0.1) is 0 Å². The molecule has 2 aliphatic heterocycles. The molecule has 0 saturated heterocycles. The van der Waals surface area contributed by atoms with Gasteiger partial charge in [-0.15, -0.1) is 0 Å². The average molecular weight is 272 g/mol. The van der Waals surface area contributed by atoms with E-state index in [1.165, 1.54) is 0 Å². The first-order valence-corrected chi connectivity index (χ1v) is 6.31. The smallest absolute Gasteiger partial charge is 0.231 e. The summed E-state index contributed by atoms with van der Waals surface area (Å²) in [6, 6.07) is 10.5. The lowest BCUT2D eigenvalue weighted by atomic mass is 10.1. The predicted octanol–water partition coefficient (Wildman–Crippen LogP) is 2.63. The molecule has 102 valence electrons. The van der Waals surface area contributed by atoms with Crippen LogP contribution < -0.4 is 18.9 Å². The third kappa shape index (κ3) is 1.79. The fourth-order valence-electron chi connectivity index (χ4n) is 2.34. The van der Waals surface area contributed by atoms with E-state index in [9.17, 15) is 5.11 Å². The molecule has 4 rings (SSSR count). The highest BCUT2D eigenvalue weighted by molar-refractivity contribution is 5.48. The molecule has 0 unspecified atom stereocenters. The molecule has 1 atom stereocenters. The van der Waals surface area contributed by atoms with Crippen LogP contribution in [0.3, 0.4) is 0 Å². The van der Waals surface area contributed by atoms with Crippen molar-refractivity contribution >= 4 is 0 Å². The Balaban J connectivity index is 1.64. The second kappa shape index (κ2) is 4.23. The molecule has 1 N–H and O–H groups in total. The molecule has 2 aliphatic rings. The van der Waals surface area contributed by atoms with Gasteiger partial charge in [0, 0.05) is 6.07 Å². The van der Waals surface area contributed by atoms with Crippen molar-refractivity contribution in [2.24, 2.45) is 0 Å². The largest absolute Gasteiger partial charge is 0.508 e. The van der Waals surface area contributed by atoms with Crippen LogP contribution >= 0.6 is 0 Å². The van der Waals surface area contributed by atoms with Crippen LogP contribution in [0, 0.1) is 0 Å². The molecule has 2 heterocycles. The van der Waals surface area contributed by atoms with Crippen molar-refractivity contribution in [1.82, 2.24) is 0 Å². The first-order chi connectivity index (χ1) is 9.79. The third-order valence-corrected chi connectivity index (χ3v) is 3.36. The van der Waals surface area contributed by atoms with Crippen LogP contribution in [0.25, 0.3) is 0 Å². The molecule has 0 radical (unpaired) electrons. The number of ether oxygens (including phenoxy) is 4. The summed E-state index contributed by atoms with van der Waals surface area (Å²) in [7, 11) is 0. The molecule has 0 aromatic heterocycles. The lowest BCUT2D eigenvalue weighted by molar-refractivity contribution is 0.0907. The zero-order valence-corrected chi connectivity index (χ0v) is 10.5. The number of phenols is 1. The summed E-state index contributed by atoms with van der Waals surface area (Å²) in [6.45, 7) is 0.662. The highest BCUT2D eigenvalue weighted by atomic mass is 16.7. The Kier molecular flexibility index (Phi) is 2.39. The normalized spacial score (nSPS) is 18.9. The molecule has 5 heteroatoms. The quantitative estimate of drug-likeness (QED) is 0.864. The SMILES string of the molecule is Oc1ccc2c(c1)O[C@H](c1ccc3c(c1)OCO3)CO2. The first kappa shape index (κ1) is 11.3. The van der Waals surface area contributed by atoms with Gasteiger partial charge >= 0.3 is 0 Å². The summed E-state index contributed by atoms with van der Waals surface area (Å²) < 4.78 is 22.2. The van der Waals surface area contributed by atoms with Crippen molar-refractivity contribution in [2.45, 2.75) is 6.10 Å². The number of benzene rings is 2. The monoisotopic (exact) mass is 272 g/mol. The number of hydrogen-bond acceptors (Lipinski definition) is 5. The fraction of sp³-hybridized carbons (Fsp3) is 0.200. The van der Waals surface area contributed by atoms with Crippen LogP contribution in [-0.4, -0.2) is 18.5 Å². The van der Waals surface area contributed by atoms with E-state index in [0.29, 0.717) is 23.9 Å². The number of hydrogen-bond donors (Lipinski definition) is 1. The summed E-state index contributed by atoms with van der Waals surface area (Å²) in [5, 5.41) is 9.50. The molecule has 0 fully saturated rings. The van der Waals surface area contributed by atoms with E-state index in [0.717, 1.165) is 11.3 Å². The van der Waals surface area contributed by atoms with Gasteiger partial charge in [-0.3, -0.25) is 0 Å². The Morgan fingerprint density at radius 2 is 1.65 bits per heavy atom. The Hall–Kier alpha value is -2.56. The van der Waals surface area contributed by atoms with Crippen LogP contribution in [0.5, 0.6) is 28.7 Å². The van der Waals surface area contributed by atoms with Gasteiger partial charge in [0.2, 0.25) is 6.79 Å². The van der Waals surface area contributed by atoms with Crippen molar-refractivity contribution in [3.05, 3.63) is 42.0 Å². The highest BCUT2D eigenvalue weighted by Crippen LogP contribution is 2.40. The minimum Gasteiger partial charge on any atom is -0.508 e. The van der Waals surface area contributed by atoms with E-state index < -0.39 is 0 Å². The Morgan fingerprint density at radius 1 is 0.850 bits per heavy atom. The Bertz CT molecular complexity index is 667. The fourth-order valence-corrected chi connectivity index (χ4v) is 2.34. The maximum Gasteiger partial charge on any atom is 0.231 e. The van der Waals surface area contributed by atoms with E-state index in [2.05, 4.69) is 0 Å². The summed E-state index contributed by atoms with van der Waals surface area (Å²) in [6.07, 6.45) is -0.237. The van der Waals surface area contributed by atoms with Crippen molar-refractivity contribution < 1.29 is 24.1 Å². The van der Waals surface area contributed by atoms with E-state index in [1.807, 2.05) is 18.2 Å². The number of fused-ring (bicyclic) bond motifs is 2. The second-order valence-electron chi connectivity index (χ2n) is 4.66. The predicted molar refractivity (Wildman–Crippen MR) is 69.5 cm³/mol. The molecular formula is C15H12O5. The molecule has 5 nitrogen and oxygen atoms in total. The molecule has 2 aromatic carbocycles. The molecular weight excluding hydrogens is 260 g/mol. The summed E-state index contributed by atoms with van der Waals surface area (Å²) in [4.78, 5) is 0. The molecule has 0 bridgehead atoms. The Labute approximate surface area is 115 Å². The summed E-state index contributed by atoms with van der Waals surface area (Å²) >= 11 is 0. The van der Waals surface area contributed by atoms with E-state index in [1.54, 1.807) is 18.2 Å². The van der Waals surface area contributed by atoms with Gasteiger partial charge in [0.25, 0.3) is 0 Å². The third-order valence-electron chi connectivity index (χ3n) is 3.36. The van der Waals surface area contributed by atoms with Crippen LogP contribution in [-0.2, 0) is 0 Å². The van der Waals surface area contributed by atoms with Crippen molar-refractivity contribution in [3.8, 4) is 28.7 Å². The summed E-state index contributed by atoms with van der Waals surface area (Å²) in [5.41, 5.74) is 0.947. The number of rotatable bonds is 1.